The van der Waals surface area contributed by atoms with Gasteiger partial charge in [-0.2, -0.15) is 0 Å². The Balaban J connectivity index is 1.41. The lowest BCUT2D eigenvalue weighted by Crippen LogP contribution is -2.04. The standard InChI is InChI=1S/C19H17FN6O/c1-27-17-3-2-12(6-21-17)7-24-19-25-8-13(9-26-19)4-14-10-22-18-16(14)5-15(20)11-23-18/h2-3,5-6,8-11H,4,7H2,1H3,(H,22,23)(H,24,25,26). The fraction of sp³-hybridized carbons (Fsp3) is 0.158. The summed E-state index contributed by atoms with van der Waals surface area (Å²) < 4.78 is 18.5. The van der Waals surface area contributed by atoms with Gasteiger partial charge in [-0.3, -0.25) is 0 Å². The molecule has 4 aromatic heterocycles. The van der Waals surface area contributed by atoms with E-state index in [-0.39, 0.29) is 5.82 Å². The minimum atomic E-state index is -0.354. The number of halogens is 1. The zero-order chi connectivity index (χ0) is 18.6. The van der Waals surface area contributed by atoms with Crippen molar-refractivity contribution in [3.8, 4) is 5.88 Å². The molecule has 0 radical (unpaired) electrons. The summed E-state index contributed by atoms with van der Waals surface area (Å²) in [7, 11) is 1.58. The molecule has 136 valence electrons. The Morgan fingerprint density at radius 1 is 1.04 bits per heavy atom. The summed E-state index contributed by atoms with van der Waals surface area (Å²) in [5.41, 5.74) is 3.54. The molecule has 0 unspecified atom stereocenters. The van der Waals surface area contributed by atoms with Crippen molar-refractivity contribution in [2.75, 3.05) is 12.4 Å². The van der Waals surface area contributed by atoms with E-state index in [0.717, 1.165) is 22.1 Å². The highest BCUT2D eigenvalue weighted by Crippen LogP contribution is 2.20. The number of pyridine rings is 2. The van der Waals surface area contributed by atoms with Crippen LogP contribution in [0.2, 0.25) is 0 Å². The smallest absolute Gasteiger partial charge is 0.222 e. The second-order valence-corrected chi connectivity index (χ2v) is 6.02. The van der Waals surface area contributed by atoms with Gasteiger partial charge >= 0.3 is 0 Å². The number of H-pyrrole nitrogens is 1. The number of aromatic nitrogens is 5. The van der Waals surface area contributed by atoms with Crippen LogP contribution < -0.4 is 10.1 Å². The van der Waals surface area contributed by atoms with Crippen LogP contribution in [0.4, 0.5) is 10.3 Å². The molecule has 0 bridgehead atoms. The molecule has 0 saturated carbocycles. The van der Waals surface area contributed by atoms with Crippen LogP contribution >= 0.6 is 0 Å². The van der Waals surface area contributed by atoms with Gasteiger partial charge < -0.3 is 15.0 Å². The molecule has 0 aliphatic heterocycles. The Labute approximate surface area is 154 Å². The van der Waals surface area contributed by atoms with E-state index >= 15 is 0 Å². The van der Waals surface area contributed by atoms with Crippen molar-refractivity contribution in [3.63, 3.8) is 0 Å². The largest absolute Gasteiger partial charge is 0.481 e. The van der Waals surface area contributed by atoms with Gasteiger partial charge in [0.05, 0.1) is 13.3 Å². The molecule has 7 nitrogen and oxygen atoms in total. The van der Waals surface area contributed by atoms with Gasteiger partial charge in [0.25, 0.3) is 0 Å². The van der Waals surface area contributed by atoms with Gasteiger partial charge in [-0.05, 0) is 22.8 Å². The van der Waals surface area contributed by atoms with Crippen molar-refractivity contribution in [2.45, 2.75) is 13.0 Å². The van der Waals surface area contributed by atoms with Gasteiger partial charge in [-0.25, -0.2) is 24.3 Å². The number of rotatable bonds is 6. The number of aromatic amines is 1. The van der Waals surface area contributed by atoms with Crippen molar-refractivity contribution in [3.05, 3.63) is 71.7 Å². The number of ether oxygens (including phenoxy) is 1. The quantitative estimate of drug-likeness (QED) is 0.547. The highest BCUT2D eigenvalue weighted by atomic mass is 19.1. The molecule has 8 heteroatoms. The van der Waals surface area contributed by atoms with E-state index < -0.39 is 0 Å². The zero-order valence-corrected chi connectivity index (χ0v) is 14.6. The van der Waals surface area contributed by atoms with Gasteiger partial charge in [0.15, 0.2) is 0 Å². The summed E-state index contributed by atoms with van der Waals surface area (Å²) in [4.78, 5) is 19.9. The SMILES string of the molecule is COc1ccc(CNc2ncc(Cc3c[nH]c4ncc(F)cc34)cn2)cn1. The summed E-state index contributed by atoms with van der Waals surface area (Å²) in [5.74, 6) is 0.750. The minimum Gasteiger partial charge on any atom is -0.481 e. The number of nitrogens with one attached hydrogen (secondary N) is 2. The summed E-state index contributed by atoms with van der Waals surface area (Å²) in [5, 5.41) is 3.92. The summed E-state index contributed by atoms with van der Waals surface area (Å²) >= 11 is 0. The number of anilines is 1. The van der Waals surface area contributed by atoms with E-state index in [0.29, 0.717) is 30.4 Å². The van der Waals surface area contributed by atoms with Crippen LogP contribution in [-0.2, 0) is 13.0 Å². The van der Waals surface area contributed by atoms with E-state index in [1.54, 1.807) is 31.8 Å². The molecule has 0 aliphatic rings. The Kier molecular flexibility index (Phi) is 4.61. The van der Waals surface area contributed by atoms with E-state index in [9.17, 15) is 4.39 Å². The molecule has 4 heterocycles. The Hall–Kier alpha value is -3.55. The predicted octanol–water partition coefficient (Wildman–Crippen LogP) is 3.10. The molecular formula is C19H17FN6O. The third-order valence-corrected chi connectivity index (χ3v) is 4.14. The van der Waals surface area contributed by atoms with Crippen LogP contribution in [0.15, 0.2) is 49.2 Å². The molecule has 2 N–H and O–H groups in total. The van der Waals surface area contributed by atoms with Gasteiger partial charge in [-0.15, -0.1) is 0 Å². The van der Waals surface area contributed by atoms with Crippen molar-refractivity contribution in [1.29, 1.82) is 0 Å². The highest BCUT2D eigenvalue weighted by Gasteiger charge is 2.08. The molecule has 0 saturated heterocycles. The van der Waals surface area contributed by atoms with Crippen molar-refractivity contribution in [1.82, 2.24) is 24.9 Å². The van der Waals surface area contributed by atoms with Crippen LogP contribution in [-0.4, -0.2) is 32.0 Å². The van der Waals surface area contributed by atoms with Crippen LogP contribution in [0.25, 0.3) is 11.0 Å². The Morgan fingerprint density at radius 2 is 1.85 bits per heavy atom. The topological polar surface area (TPSA) is 88.6 Å². The number of methoxy groups -OCH3 is 1. The predicted molar refractivity (Wildman–Crippen MR) is 99.0 cm³/mol. The third-order valence-electron chi connectivity index (χ3n) is 4.14. The normalized spacial score (nSPS) is 10.9. The van der Waals surface area contributed by atoms with E-state index in [1.165, 1.54) is 12.3 Å². The van der Waals surface area contributed by atoms with Gasteiger partial charge in [0.2, 0.25) is 11.8 Å². The zero-order valence-electron chi connectivity index (χ0n) is 14.6. The number of fused-ring (bicyclic) bond motifs is 1. The molecule has 4 rings (SSSR count). The van der Waals surface area contributed by atoms with Crippen LogP contribution in [0.5, 0.6) is 5.88 Å². The monoisotopic (exact) mass is 364 g/mol. The Morgan fingerprint density at radius 3 is 2.59 bits per heavy atom. The van der Waals surface area contributed by atoms with Crippen LogP contribution in [0.1, 0.15) is 16.7 Å². The second kappa shape index (κ2) is 7.36. The maximum absolute atomic E-state index is 13.4. The van der Waals surface area contributed by atoms with Crippen molar-refractivity contribution in [2.24, 2.45) is 0 Å². The lowest BCUT2D eigenvalue weighted by molar-refractivity contribution is 0.397. The lowest BCUT2D eigenvalue weighted by atomic mass is 10.1. The van der Waals surface area contributed by atoms with E-state index in [1.807, 2.05) is 12.3 Å². The fourth-order valence-electron chi connectivity index (χ4n) is 2.75. The van der Waals surface area contributed by atoms with Gasteiger partial charge in [0, 0.05) is 49.2 Å². The van der Waals surface area contributed by atoms with Gasteiger partial charge in [0.1, 0.15) is 11.5 Å². The maximum atomic E-state index is 13.4. The molecule has 0 atom stereocenters. The highest BCUT2D eigenvalue weighted by molar-refractivity contribution is 5.79. The second-order valence-electron chi connectivity index (χ2n) is 6.02. The average molecular weight is 364 g/mol. The first-order valence-electron chi connectivity index (χ1n) is 8.36. The summed E-state index contributed by atoms with van der Waals surface area (Å²) in [6, 6.07) is 5.21. The first-order chi connectivity index (χ1) is 13.2. The summed E-state index contributed by atoms with van der Waals surface area (Å²) in [6.45, 7) is 0.559. The first-order valence-corrected chi connectivity index (χ1v) is 8.36. The van der Waals surface area contributed by atoms with E-state index in [2.05, 4.69) is 30.2 Å². The molecule has 0 fully saturated rings. The van der Waals surface area contributed by atoms with Crippen LogP contribution in [0, 0.1) is 5.82 Å². The van der Waals surface area contributed by atoms with Crippen molar-refractivity contribution >= 4 is 17.0 Å². The van der Waals surface area contributed by atoms with E-state index in [4.69, 9.17) is 4.74 Å². The third kappa shape index (κ3) is 3.84. The molecule has 0 amide bonds. The molecular weight excluding hydrogens is 347 g/mol. The number of hydrogen-bond acceptors (Lipinski definition) is 6. The van der Waals surface area contributed by atoms with Gasteiger partial charge in [-0.1, -0.05) is 6.07 Å². The molecule has 0 spiro atoms. The Bertz CT molecular complexity index is 1050. The summed E-state index contributed by atoms with van der Waals surface area (Å²) in [6.07, 6.45) is 8.88. The first kappa shape index (κ1) is 16.9. The number of nitrogens with zero attached hydrogens (tertiary/aromatic N) is 4. The van der Waals surface area contributed by atoms with Crippen LogP contribution in [0.3, 0.4) is 0 Å². The lowest BCUT2D eigenvalue weighted by Gasteiger charge is -2.06. The fourth-order valence-corrected chi connectivity index (χ4v) is 2.75. The minimum absolute atomic E-state index is 0.354. The average Bonchev–Trinajstić information content (AvgIpc) is 3.10. The van der Waals surface area contributed by atoms with Crippen molar-refractivity contribution < 1.29 is 9.13 Å². The molecule has 27 heavy (non-hydrogen) atoms. The molecule has 4 aromatic rings. The molecule has 0 aromatic carbocycles. The number of hydrogen-bond donors (Lipinski definition) is 2. The maximum Gasteiger partial charge on any atom is 0.222 e. The molecule has 0 aliphatic carbocycles.